The molecular formula is C34H38F3N4NaO8. The number of ketones is 2. The molecule has 0 unspecified atom stereocenters. The van der Waals surface area contributed by atoms with Gasteiger partial charge in [-0.1, -0.05) is 18.7 Å². The first-order chi connectivity index (χ1) is 23.0. The van der Waals surface area contributed by atoms with Crippen LogP contribution in [0.4, 0.5) is 13.2 Å². The first kappa shape index (κ1) is 52.0. The second kappa shape index (κ2) is 32.7. The van der Waals surface area contributed by atoms with Crippen molar-refractivity contribution in [3.63, 3.8) is 0 Å². The largest absolute Gasteiger partial charge is 1.00 e. The van der Waals surface area contributed by atoms with Crippen molar-refractivity contribution in [2.24, 2.45) is 16.7 Å². The molecule has 3 aromatic rings. The number of nitrogens with two attached hydrogens (primary N) is 2. The number of aldehydes is 1. The molecule has 0 saturated heterocycles. The van der Waals surface area contributed by atoms with Crippen molar-refractivity contribution < 1.29 is 81.7 Å². The van der Waals surface area contributed by atoms with E-state index in [-0.39, 0.29) is 83.4 Å². The van der Waals surface area contributed by atoms with Crippen molar-refractivity contribution in [1.29, 1.82) is 5.26 Å². The number of hydrogen-bond acceptors (Lipinski definition) is 11. The summed E-state index contributed by atoms with van der Waals surface area (Å²) in [5.41, 5.74) is 2.72. The van der Waals surface area contributed by atoms with Crippen LogP contribution in [0, 0.1) is 29.3 Å². The summed E-state index contributed by atoms with van der Waals surface area (Å²) in [5, 5.41) is 6.25. The molecule has 0 bridgehead atoms. The minimum Gasteiger partial charge on any atom is -0.512 e. The average Bonchev–Trinajstić information content (AvgIpc) is 3.14. The third-order valence-electron chi connectivity index (χ3n) is 5.59. The van der Waals surface area contributed by atoms with Crippen LogP contribution in [-0.4, -0.2) is 61.7 Å². The van der Waals surface area contributed by atoms with E-state index in [2.05, 4.69) is 32.7 Å². The molecule has 0 aromatic heterocycles. The number of benzene rings is 3. The van der Waals surface area contributed by atoms with E-state index in [0.29, 0.717) is 30.3 Å². The summed E-state index contributed by atoms with van der Waals surface area (Å²) in [4.78, 5) is 57.1. The summed E-state index contributed by atoms with van der Waals surface area (Å²) in [7, 11) is 2.58. The van der Waals surface area contributed by atoms with Gasteiger partial charge >= 0.3 is 41.5 Å². The molecule has 264 valence electrons. The van der Waals surface area contributed by atoms with Crippen LogP contribution in [0.5, 0.6) is 0 Å². The Kier molecular flexibility index (Phi) is 34.0. The second-order valence-electron chi connectivity index (χ2n) is 8.71. The number of carbonyl (C=O) groups excluding carboxylic acids is 5. The Labute approximate surface area is 310 Å². The number of Topliss-reactive ketones (excluding diaryl/α,β-unsaturated/α-hetero) is 2. The van der Waals surface area contributed by atoms with E-state index in [1.807, 2.05) is 0 Å². The van der Waals surface area contributed by atoms with Crippen LogP contribution in [0.1, 0.15) is 52.0 Å². The Morgan fingerprint density at radius 2 is 1.30 bits per heavy atom. The molecule has 0 spiro atoms. The summed E-state index contributed by atoms with van der Waals surface area (Å²) in [5.74, 6) is 6.21. The molecule has 6 N–H and O–H groups in total. The van der Waals surface area contributed by atoms with Crippen molar-refractivity contribution in [1.82, 2.24) is 0 Å². The fourth-order valence-corrected chi connectivity index (χ4v) is 3.20. The minimum atomic E-state index is -0.425. The Bertz CT molecular complexity index is 1490. The van der Waals surface area contributed by atoms with E-state index < -0.39 is 11.9 Å². The molecule has 1 aliphatic heterocycles. The molecule has 0 saturated carbocycles. The van der Waals surface area contributed by atoms with Gasteiger partial charge in [0.1, 0.15) is 23.7 Å². The molecule has 1 aliphatic rings. The first-order valence-electron chi connectivity index (χ1n) is 13.7. The van der Waals surface area contributed by atoms with Crippen molar-refractivity contribution in [3.05, 3.63) is 126 Å². The number of methoxy groups -OCH3 is 2. The monoisotopic (exact) mass is 710 g/mol. The third kappa shape index (κ3) is 24.3. The second-order valence-corrected chi connectivity index (χ2v) is 8.71. The Hall–Kier alpha value is -4.82. The number of ether oxygens (including phenoxy) is 2. The van der Waals surface area contributed by atoms with Crippen molar-refractivity contribution in [2.75, 3.05) is 20.8 Å². The fraction of sp³-hybridized carbons (Fsp3) is 0.206. The van der Waals surface area contributed by atoms with Gasteiger partial charge in [-0.05, 0) is 72.6 Å². The fourth-order valence-electron chi connectivity index (χ4n) is 3.20. The Morgan fingerprint density at radius 3 is 1.66 bits per heavy atom. The average molecular weight is 711 g/mol. The molecule has 0 aliphatic carbocycles. The summed E-state index contributed by atoms with van der Waals surface area (Å²) < 4.78 is 45.8. The van der Waals surface area contributed by atoms with Crippen molar-refractivity contribution in [2.45, 2.75) is 25.7 Å². The molecule has 0 radical (unpaired) electrons. The van der Waals surface area contributed by atoms with E-state index >= 15 is 0 Å². The van der Waals surface area contributed by atoms with Crippen molar-refractivity contribution >= 4 is 35.5 Å². The SMILES string of the molecule is C=CC(=O)OC.COC(=O)CCC(=O)c1ccc(F)cc1.NN.O.O=C1CCC(c2ccc(F)cc2)=NC1.O=Cc1ccc(F)cc1.[C-]#N.[Na+]. The van der Waals surface area contributed by atoms with E-state index in [4.69, 9.17) is 11.8 Å². The van der Waals surface area contributed by atoms with Crippen LogP contribution in [0.25, 0.3) is 0 Å². The third-order valence-corrected chi connectivity index (χ3v) is 5.59. The molecule has 0 amide bonds. The normalized spacial score (nSPS) is 10.2. The maximum absolute atomic E-state index is 12.6. The number of hydrogen-bond donors (Lipinski definition) is 2. The smallest absolute Gasteiger partial charge is 0.512 e. The predicted octanol–water partition coefficient (Wildman–Crippen LogP) is 1.02. The molecule has 0 fully saturated rings. The number of carbonyl (C=O) groups is 5. The number of halogens is 3. The number of nitrogens with zero attached hydrogens (tertiary/aromatic N) is 2. The zero-order valence-corrected chi connectivity index (χ0v) is 29.9. The zero-order chi connectivity index (χ0) is 36.9. The predicted molar refractivity (Wildman–Crippen MR) is 175 cm³/mol. The number of rotatable bonds is 7. The molecular weight excluding hydrogens is 672 g/mol. The zero-order valence-electron chi connectivity index (χ0n) is 27.9. The topological polar surface area (TPSA) is 223 Å². The molecule has 3 aromatic carbocycles. The van der Waals surface area contributed by atoms with Gasteiger partial charge in [0.25, 0.3) is 0 Å². The van der Waals surface area contributed by atoms with Crippen molar-refractivity contribution in [3.8, 4) is 0 Å². The van der Waals surface area contributed by atoms with E-state index in [9.17, 15) is 37.1 Å². The molecule has 4 rings (SSSR count). The molecule has 50 heavy (non-hydrogen) atoms. The van der Waals surface area contributed by atoms with Crippen LogP contribution in [0.15, 0.2) is 90.4 Å². The minimum absolute atomic E-state index is 0. The molecule has 12 nitrogen and oxygen atoms in total. The van der Waals surface area contributed by atoms with Gasteiger partial charge in [-0.15, -0.1) is 0 Å². The van der Waals surface area contributed by atoms with E-state index in [1.54, 1.807) is 12.1 Å². The molecule has 0 atom stereocenters. The maximum atomic E-state index is 12.6. The quantitative estimate of drug-likeness (QED) is 0.0518. The first-order valence-corrected chi connectivity index (χ1v) is 13.7. The van der Waals surface area contributed by atoms with Crippen LogP contribution < -0.4 is 41.2 Å². The summed E-state index contributed by atoms with van der Waals surface area (Å²) in [6.07, 6.45) is 3.14. The van der Waals surface area contributed by atoms with Gasteiger partial charge in [-0.25, -0.2) is 18.0 Å². The standard InChI is InChI=1S/C11H10FNO.C11H11FO3.C7H5FO.C4H6O2.CN.H4N2.Na.H2O/c12-9-3-1-8(2-4-9)11-6-5-10(14)7-13-11;1-15-11(14)7-6-10(13)8-2-4-9(12)5-3-8;8-7-3-1-6(5-9)2-4-7;1-3-4(5)6-2;2*1-2;;/h1-4H,5-7H2;2-5H,6-7H2,1H3;1-5H;3H,1H2,2H3;;1-2H2;;1H2/q;;;;-1;;+1;. The van der Waals surface area contributed by atoms with Crippen LogP contribution in [-0.2, 0) is 23.9 Å². The number of esters is 2. The number of aliphatic imine (C=N–C) groups is 1. The number of hydrazine groups is 1. The summed E-state index contributed by atoms with van der Waals surface area (Å²) in [6.45, 7) is 8.18. The van der Waals surface area contributed by atoms with Gasteiger partial charge in [0.05, 0.1) is 27.2 Å². The van der Waals surface area contributed by atoms with E-state index in [0.717, 1.165) is 17.4 Å². The van der Waals surface area contributed by atoms with Crippen LogP contribution in [0.3, 0.4) is 0 Å². The van der Waals surface area contributed by atoms with Gasteiger partial charge < -0.3 is 26.8 Å². The summed E-state index contributed by atoms with van der Waals surface area (Å²) >= 11 is 0. The summed E-state index contributed by atoms with van der Waals surface area (Å²) in [6, 6.07) is 16.8. The van der Waals surface area contributed by atoms with Gasteiger partial charge in [0, 0.05) is 35.8 Å². The molecule has 16 heteroatoms. The van der Waals surface area contributed by atoms with Gasteiger partial charge in [0.15, 0.2) is 11.6 Å². The van der Waals surface area contributed by atoms with E-state index in [1.165, 1.54) is 74.9 Å². The Morgan fingerprint density at radius 1 is 0.840 bits per heavy atom. The van der Waals surface area contributed by atoms with Gasteiger partial charge in [-0.2, -0.15) is 0 Å². The maximum Gasteiger partial charge on any atom is 1.00 e. The Balaban J connectivity index is -0.000000281. The molecule has 1 heterocycles. The van der Waals surface area contributed by atoms with Crippen LogP contribution in [0.2, 0.25) is 0 Å². The van der Waals surface area contributed by atoms with Crippen LogP contribution >= 0.6 is 0 Å². The van der Waals surface area contributed by atoms with Gasteiger partial charge in [0.2, 0.25) is 0 Å². The van der Waals surface area contributed by atoms with Gasteiger partial charge in [-0.3, -0.25) is 35.9 Å².